The Bertz CT molecular complexity index is 1410. The molecule has 1 fully saturated rings. The number of piperidine rings is 1. The second kappa shape index (κ2) is 13.4. The number of nitrogens with zero attached hydrogens (tertiary/aromatic N) is 1. The Morgan fingerprint density at radius 1 is 1.02 bits per heavy atom. The summed E-state index contributed by atoms with van der Waals surface area (Å²) in [5.74, 6) is -1.51. The minimum Gasteiger partial charge on any atom is -0.450 e. The highest BCUT2D eigenvalue weighted by atomic mass is 32.2. The predicted octanol–water partition coefficient (Wildman–Crippen LogP) is 4.37. The van der Waals surface area contributed by atoms with Gasteiger partial charge in [-0.1, -0.05) is 36.4 Å². The van der Waals surface area contributed by atoms with Gasteiger partial charge in [0.1, 0.15) is 11.7 Å². The van der Waals surface area contributed by atoms with Crippen molar-refractivity contribution in [2.45, 2.75) is 68.5 Å². The van der Waals surface area contributed by atoms with Crippen LogP contribution in [0.4, 0.5) is 22.4 Å². The summed E-state index contributed by atoms with van der Waals surface area (Å²) in [5, 5.41) is 4.69. The number of sulfone groups is 1. The van der Waals surface area contributed by atoms with Crippen LogP contribution in [0.2, 0.25) is 0 Å². The molecular weight excluding hydrogens is 594 g/mol. The number of ketones is 1. The smallest absolute Gasteiger partial charge is 0.410 e. The average molecular weight is 630 g/mol. The molecule has 1 saturated heterocycles. The number of benzene rings is 2. The Labute approximate surface area is 247 Å². The monoisotopic (exact) mass is 629 g/mol. The van der Waals surface area contributed by atoms with E-state index in [4.69, 9.17) is 4.74 Å². The number of ether oxygens (including phenoxy) is 1. The van der Waals surface area contributed by atoms with Gasteiger partial charge < -0.3 is 15.0 Å². The zero-order valence-electron chi connectivity index (χ0n) is 24.2. The van der Waals surface area contributed by atoms with Crippen molar-refractivity contribution < 1.29 is 45.1 Å². The summed E-state index contributed by atoms with van der Waals surface area (Å²) in [4.78, 5) is 39.0. The SMILES string of the molecule is CCOC(=O)N1CCC(NC(=O)[C@H](CC(C)(C)F)N[C@@H](c2ccc(-c3ccc(S(C)(=O)=O)cc3)cc2)C(F)(F)F)C(=O)C1. The van der Waals surface area contributed by atoms with E-state index in [0.717, 1.165) is 25.0 Å². The maximum Gasteiger partial charge on any atom is 0.410 e. The van der Waals surface area contributed by atoms with Crippen LogP contribution in [-0.4, -0.2) is 81.0 Å². The molecule has 1 heterocycles. The van der Waals surface area contributed by atoms with Crippen molar-refractivity contribution in [1.82, 2.24) is 15.5 Å². The molecule has 2 aromatic rings. The predicted molar refractivity (Wildman–Crippen MR) is 151 cm³/mol. The van der Waals surface area contributed by atoms with Crippen molar-refractivity contribution >= 4 is 27.6 Å². The molecule has 3 atom stereocenters. The summed E-state index contributed by atoms with van der Waals surface area (Å²) in [5.41, 5.74) is -1.18. The van der Waals surface area contributed by atoms with E-state index in [1.807, 2.05) is 0 Å². The third-order valence-electron chi connectivity index (χ3n) is 6.83. The molecular formula is C29H35F4N3O6S. The summed E-state index contributed by atoms with van der Waals surface area (Å²) in [7, 11) is -3.42. The number of carbonyl (C=O) groups excluding carboxylic acids is 3. The lowest BCUT2D eigenvalue weighted by Gasteiger charge is -2.33. The first-order valence-corrected chi connectivity index (χ1v) is 15.4. The van der Waals surface area contributed by atoms with Gasteiger partial charge in [-0.2, -0.15) is 13.2 Å². The van der Waals surface area contributed by atoms with Gasteiger partial charge in [-0.3, -0.25) is 14.9 Å². The van der Waals surface area contributed by atoms with Crippen molar-refractivity contribution in [1.29, 1.82) is 0 Å². The zero-order valence-corrected chi connectivity index (χ0v) is 25.0. The van der Waals surface area contributed by atoms with Gasteiger partial charge in [-0.15, -0.1) is 0 Å². The fourth-order valence-corrected chi connectivity index (χ4v) is 5.31. The maximum absolute atomic E-state index is 14.7. The number of hydrogen-bond donors (Lipinski definition) is 2. The topological polar surface area (TPSA) is 122 Å². The van der Waals surface area contributed by atoms with Gasteiger partial charge >= 0.3 is 12.3 Å². The zero-order chi connectivity index (χ0) is 32.2. The summed E-state index contributed by atoms with van der Waals surface area (Å²) >= 11 is 0. The van der Waals surface area contributed by atoms with Crippen LogP contribution in [0.3, 0.4) is 0 Å². The molecule has 0 bridgehead atoms. The average Bonchev–Trinajstić information content (AvgIpc) is 2.90. The molecule has 43 heavy (non-hydrogen) atoms. The molecule has 1 aliphatic heterocycles. The van der Waals surface area contributed by atoms with Crippen LogP contribution in [0.1, 0.15) is 45.2 Å². The van der Waals surface area contributed by atoms with Gasteiger partial charge in [0.2, 0.25) is 5.91 Å². The molecule has 0 saturated carbocycles. The molecule has 2 aromatic carbocycles. The van der Waals surface area contributed by atoms with E-state index in [2.05, 4.69) is 10.6 Å². The number of Topliss-reactive ketones (excluding diaryl/α,β-unsaturated/α-hetero) is 1. The molecule has 0 aromatic heterocycles. The molecule has 14 heteroatoms. The first kappa shape index (κ1) is 34.0. The second-order valence-electron chi connectivity index (χ2n) is 11.0. The second-order valence-corrected chi connectivity index (χ2v) is 13.0. The van der Waals surface area contributed by atoms with E-state index in [1.165, 1.54) is 48.5 Å². The van der Waals surface area contributed by atoms with Gasteiger partial charge in [0.05, 0.1) is 30.1 Å². The molecule has 0 aliphatic carbocycles. The first-order valence-electron chi connectivity index (χ1n) is 13.6. The highest BCUT2D eigenvalue weighted by Crippen LogP contribution is 2.35. The number of rotatable bonds is 10. The molecule has 2 N–H and O–H groups in total. The van der Waals surface area contributed by atoms with Crippen LogP contribution < -0.4 is 10.6 Å². The number of likely N-dealkylation sites (tertiary alicyclic amines) is 1. The minimum atomic E-state index is -4.88. The van der Waals surface area contributed by atoms with Gasteiger partial charge in [0.25, 0.3) is 0 Å². The lowest BCUT2D eigenvalue weighted by Crippen LogP contribution is -2.57. The molecule has 0 radical (unpaired) electrons. The molecule has 1 aliphatic rings. The third kappa shape index (κ3) is 9.48. The van der Waals surface area contributed by atoms with Crippen molar-refractivity contribution in [3.05, 3.63) is 54.1 Å². The standard InChI is InChI=1S/C29H35F4N3O6S/c1-5-42-27(39)36-15-14-22(24(37)17-36)35-26(38)23(16-28(2,3)30)34-25(29(31,32)33)20-8-6-18(7-9-20)19-10-12-21(13-11-19)43(4,40)41/h6-13,22-23,25,34H,5,14-17H2,1-4H3,(H,35,38)/t22?,23-,25-/m0/s1. The van der Waals surface area contributed by atoms with E-state index in [9.17, 15) is 40.4 Å². The Morgan fingerprint density at radius 2 is 1.58 bits per heavy atom. The molecule has 1 unspecified atom stereocenters. The number of amides is 2. The summed E-state index contributed by atoms with van der Waals surface area (Å²) in [6.45, 7) is 3.71. The van der Waals surface area contributed by atoms with E-state index < -0.39 is 64.0 Å². The Kier molecular flexibility index (Phi) is 10.6. The number of halogens is 4. The van der Waals surface area contributed by atoms with E-state index in [1.54, 1.807) is 6.92 Å². The largest absolute Gasteiger partial charge is 0.450 e. The van der Waals surface area contributed by atoms with Crippen molar-refractivity contribution in [3.8, 4) is 11.1 Å². The Hall–Kier alpha value is -3.52. The summed E-state index contributed by atoms with van der Waals surface area (Å²) in [6, 6.07) is 6.06. The Morgan fingerprint density at radius 3 is 2.05 bits per heavy atom. The number of nitrogens with one attached hydrogen (secondary N) is 2. The highest BCUT2D eigenvalue weighted by molar-refractivity contribution is 7.90. The lowest BCUT2D eigenvalue weighted by atomic mass is 9.95. The Balaban J connectivity index is 1.80. The quantitative estimate of drug-likeness (QED) is 0.375. The molecule has 2 amide bonds. The van der Waals surface area contributed by atoms with Crippen LogP contribution in [0.5, 0.6) is 0 Å². The lowest BCUT2D eigenvalue weighted by molar-refractivity contribution is -0.162. The maximum atomic E-state index is 14.7. The molecule has 3 rings (SSSR count). The fourth-order valence-electron chi connectivity index (χ4n) is 4.68. The summed E-state index contributed by atoms with van der Waals surface area (Å²) < 4.78 is 85.9. The van der Waals surface area contributed by atoms with Crippen LogP contribution in [0, 0.1) is 0 Å². The van der Waals surface area contributed by atoms with Gasteiger partial charge in [-0.05, 0) is 56.0 Å². The normalized spacial score (nSPS) is 17.7. The third-order valence-corrected chi connectivity index (χ3v) is 7.96. The van der Waals surface area contributed by atoms with Gasteiger partial charge in [-0.25, -0.2) is 17.6 Å². The van der Waals surface area contributed by atoms with Crippen molar-refractivity contribution in [2.75, 3.05) is 26.0 Å². The van der Waals surface area contributed by atoms with Crippen molar-refractivity contribution in [2.24, 2.45) is 0 Å². The molecule has 236 valence electrons. The number of hydrogen-bond acceptors (Lipinski definition) is 7. The van der Waals surface area contributed by atoms with Crippen LogP contribution >= 0.6 is 0 Å². The van der Waals surface area contributed by atoms with Crippen LogP contribution in [0.15, 0.2) is 53.4 Å². The summed E-state index contributed by atoms with van der Waals surface area (Å²) in [6.07, 6.45) is -5.11. The van der Waals surface area contributed by atoms with E-state index >= 15 is 0 Å². The number of carbonyl (C=O) groups is 3. The molecule has 9 nitrogen and oxygen atoms in total. The minimum absolute atomic E-state index is 0.0183. The van der Waals surface area contributed by atoms with E-state index in [0.29, 0.717) is 11.1 Å². The van der Waals surface area contributed by atoms with Crippen LogP contribution in [-0.2, 0) is 24.2 Å². The molecule has 0 spiro atoms. The number of alkyl halides is 4. The van der Waals surface area contributed by atoms with Gasteiger partial charge in [0.15, 0.2) is 15.6 Å². The first-order chi connectivity index (χ1) is 19.9. The van der Waals surface area contributed by atoms with E-state index in [-0.39, 0.29) is 36.6 Å². The highest BCUT2D eigenvalue weighted by Gasteiger charge is 2.44. The van der Waals surface area contributed by atoms with Crippen LogP contribution in [0.25, 0.3) is 11.1 Å². The fraction of sp³-hybridized carbons (Fsp3) is 0.483. The van der Waals surface area contributed by atoms with Gasteiger partial charge in [0, 0.05) is 19.2 Å². The van der Waals surface area contributed by atoms with Crippen molar-refractivity contribution in [3.63, 3.8) is 0 Å².